The van der Waals surface area contributed by atoms with Crippen LogP contribution in [-0.2, 0) is 19.1 Å². The van der Waals surface area contributed by atoms with Crippen LogP contribution in [0.25, 0.3) is 0 Å². The predicted molar refractivity (Wildman–Crippen MR) is 144 cm³/mol. The van der Waals surface area contributed by atoms with Gasteiger partial charge in [-0.25, -0.2) is 0 Å². The third kappa shape index (κ3) is 4.09. The summed E-state index contributed by atoms with van der Waals surface area (Å²) in [6.45, 7) is 5.88. The van der Waals surface area contributed by atoms with Gasteiger partial charge in [0, 0.05) is 38.5 Å². The molecule has 5 rings (SSSR count). The lowest BCUT2D eigenvalue weighted by atomic mass is 9.73. The molecule has 0 bridgehead atoms. The maximum atomic E-state index is 14.4. The molecule has 1 aromatic carbocycles. The van der Waals surface area contributed by atoms with Crippen LogP contribution in [-0.4, -0.2) is 82.7 Å². The second-order valence-corrected chi connectivity index (χ2v) is 10.8. The van der Waals surface area contributed by atoms with Crippen LogP contribution < -0.4 is 4.90 Å². The molecular weight excluding hydrogens is 482 g/mol. The van der Waals surface area contributed by atoms with Gasteiger partial charge in [-0.15, -0.1) is 0 Å². The Morgan fingerprint density at radius 2 is 1.66 bits per heavy atom. The summed E-state index contributed by atoms with van der Waals surface area (Å²) in [7, 11) is 0. The van der Waals surface area contributed by atoms with E-state index in [1.807, 2.05) is 66.5 Å². The number of amides is 3. The number of hydrogen-bond acceptors (Lipinski definition) is 5. The molecule has 2 saturated heterocycles. The first kappa shape index (κ1) is 26.6. The summed E-state index contributed by atoms with van der Waals surface area (Å²) < 4.78 is 6.98. The summed E-state index contributed by atoms with van der Waals surface area (Å²) in [6.07, 6.45) is 11.2. The normalized spacial score (nSPS) is 32.3. The highest BCUT2D eigenvalue weighted by molar-refractivity contribution is 6.04. The van der Waals surface area contributed by atoms with Crippen LogP contribution in [0, 0.1) is 11.8 Å². The van der Waals surface area contributed by atoms with Crippen LogP contribution in [0.1, 0.15) is 46.0 Å². The number of para-hydroxylation sites is 1. The first-order chi connectivity index (χ1) is 18.4. The lowest BCUT2D eigenvalue weighted by Crippen LogP contribution is -2.56. The smallest absolute Gasteiger partial charge is 0.249 e. The standard InChI is InChI=1S/C30H39N3O5/c1-3-5-17-31-18-12-16-30-24(27(36)33(19-9-10-21-34)25(30)28(31)37)23-26(35)32(22-13-7-6-8-14-22)20-11-15-29(23,4-2)38-30/h6-8,11-16,23-25,34H,3-5,9-10,17-21H2,1-2H3/t23-,24-,25?,29+,30-/m0/s1. The summed E-state index contributed by atoms with van der Waals surface area (Å²) in [5.41, 5.74) is -1.44. The van der Waals surface area contributed by atoms with Crippen LogP contribution >= 0.6 is 0 Å². The van der Waals surface area contributed by atoms with Crippen molar-refractivity contribution in [3.8, 4) is 0 Å². The van der Waals surface area contributed by atoms with E-state index in [2.05, 4.69) is 6.92 Å². The van der Waals surface area contributed by atoms with Gasteiger partial charge < -0.3 is 24.5 Å². The number of aliphatic hydroxyl groups excluding tert-OH is 1. The van der Waals surface area contributed by atoms with Crippen molar-refractivity contribution >= 4 is 23.4 Å². The van der Waals surface area contributed by atoms with Gasteiger partial charge in [0.15, 0.2) is 0 Å². The number of carbonyl (C=O) groups excluding carboxylic acids is 3. The molecule has 4 aliphatic heterocycles. The zero-order valence-corrected chi connectivity index (χ0v) is 22.4. The minimum atomic E-state index is -1.23. The summed E-state index contributed by atoms with van der Waals surface area (Å²) >= 11 is 0. The molecule has 1 aromatic rings. The number of likely N-dealkylation sites (tertiary alicyclic amines) is 1. The molecule has 1 N–H and O–H groups in total. The Balaban J connectivity index is 1.61. The molecule has 0 aliphatic carbocycles. The first-order valence-corrected chi connectivity index (χ1v) is 14.1. The van der Waals surface area contributed by atoms with E-state index in [0.29, 0.717) is 45.4 Å². The van der Waals surface area contributed by atoms with Gasteiger partial charge in [-0.1, -0.05) is 62.8 Å². The van der Waals surface area contributed by atoms with Crippen molar-refractivity contribution in [2.75, 3.05) is 37.7 Å². The quantitative estimate of drug-likeness (QED) is 0.399. The van der Waals surface area contributed by atoms with Crippen LogP contribution in [0.4, 0.5) is 5.69 Å². The largest absolute Gasteiger partial charge is 0.396 e. The van der Waals surface area contributed by atoms with E-state index < -0.39 is 29.1 Å². The number of aliphatic hydroxyl groups is 1. The maximum absolute atomic E-state index is 14.4. The van der Waals surface area contributed by atoms with Crippen LogP contribution in [0.3, 0.4) is 0 Å². The van der Waals surface area contributed by atoms with Gasteiger partial charge in [-0.3, -0.25) is 14.4 Å². The minimum absolute atomic E-state index is 0.0190. The second-order valence-electron chi connectivity index (χ2n) is 10.8. The molecule has 8 nitrogen and oxygen atoms in total. The fourth-order valence-corrected chi connectivity index (χ4v) is 6.83. The van der Waals surface area contributed by atoms with Crippen molar-refractivity contribution in [3.05, 3.63) is 54.6 Å². The van der Waals surface area contributed by atoms with E-state index >= 15 is 0 Å². The molecule has 0 aromatic heterocycles. The van der Waals surface area contributed by atoms with Gasteiger partial charge in [-0.2, -0.15) is 0 Å². The zero-order chi connectivity index (χ0) is 26.9. The average molecular weight is 522 g/mol. The Morgan fingerprint density at radius 3 is 2.37 bits per heavy atom. The number of ether oxygens (including phenoxy) is 1. The number of nitrogens with zero attached hydrogens (tertiary/aromatic N) is 3. The van der Waals surface area contributed by atoms with E-state index in [1.54, 1.807) is 9.80 Å². The van der Waals surface area contributed by atoms with E-state index in [0.717, 1.165) is 18.5 Å². The van der Waals surface area contributed by atoms with Gasteiger partial charge >= 0.3 is 0 Å². The van der Waals surface area contributed by atoms with Crippen molar-refractivity contribution in [3.63, 3.8) is 0 Å². The second kappa shape index (κ2) is 10.7. The van der Waals surface area contributed by atoms with Crippen LogP contribution in [0.15, 0.2) is 54.6 Å². The topological polar surface area (TPSA) is 90.4 Å². The number of benzene rings is 1. The summed E-state index contributed by atoms with van der Waals surface area (Å²) in [4.78, 5) is 48.0. The molecule has 0 saturated carbocycles. The molecule has 8 heteroatoms. The van der Waals surface area contributed by atoms with Crippen LogP contribution in [0.5, 0.6) is 0 Å². The van der Waals surface area contributed by atoms with Gasteiger partial charge in [-0.05, 0) is 37.8 Å². The highest BCUT2D eigenvalue weighted by Gasteiger charge is 2.75. The number of anilines is 1. The molecule has 1 spiro atoms. The number of unbranched alkanes of at least 4 members (excludes halogenated alkanes) is 2. The first-order valence-electron chi connectivity index (χ1n) is 14.1. The third-order valence-electron chi connectivity index (χ3n) is 8.68. The zero-order valence-electron chi connectivity index (χ0n) is 22.4. The summed E-state index contributed by atoms with van der Waals surface area (Å²) in [5, 5.41) is 9.39. The van der Waals surface area contributed by atoms with E-state index in [-0.39, 0.29) is 24.3 Å². The molecule has 4 aliphatic rings. The monoisotopic (exact) mass is 521 g/mol. The molecule has 38 heavy (non-hydrogen) atoms. The van der Waals surface area contributed by atoms with E-state index in [1.165, 1.54) is 0 Å². The summed E-state index contributed by atoms with van der Waals surface area (Å²) in [5.74, 6) is -2.05. The SMILES string of the molecule is CCCCN1CC=C[C@]23O[C@]4(CC)C=CCN(c5ccccc5)C(=O)[C@@H]4[C@H]2C(=O)N(CCCCO)C3C1=O. The van der Waals surface area contributed by atoms with Gasteiger partial charge in [0.1, 0.15) is 11.6 Å². The Labute approximate surface area is 224 Å². The molecule has 4 heterocycles. The molecule has 1 unspecified atom stereocenters. The van der Waals surface area contributed by atoms with Crippen molar-refractivity contribution < 1.29 is 24.2 Å². The fourth-order valence-electron chi connectivity index (χ4n) is 6.83. The highest BCUT2D eigenvalue weighted by Crippen LogP contribution is 2.58. The Bertz CT molecular complexity index is 1120. The number of fused-ring (bicyclic) bond motifs is 2. The Kier molecular flexibility index (Phi) is 7.47. The van der Waals surface area contributed by atoms with Crippen molar-refractivity contribution in [2.45, 2.75) is 63.2 Å². The lowest BCUT2D eigenvalue weighted by molar-refractivity contribution is -0.152. The van der Waals surface area contributed by atoms with Gasteiger partial charge in [0.25, 0.3) is 0 Å². The molecule has 5 atom stereocenters. The van der Waals surface area contributed by atoms with Crippen molar-refractivity contribution in [2.24, 2.45) is 11.8 Å². The summed E-state index contributed by atoms with van der Waals surface area (Å²) in [6, 6.07) is 8.67. The number of carbonyl (C=O) groups is 3. The highest BCUT2D eigenvalue weighted by atomic mass is 16.5. The molecule has 204 valence electrons. The van der Waals surface area contributed by atoms with Crippen LogP contribution in [0.2, 0.25) is 0 Å². The van der Waals surface area contributed by atoms with Gasteiger partial charge in [0.05, 0.1) is 17.4 Å². The van der Waals surface area contributed by atoms with Gasteiger partial charge in [0.2, 0.25) is 17.7 Å². The lowest BCUT2D eigenvalue weighted by Gasteiger charge is -2.38. The van der Waals surface area contributed by atoms with Crippen molar-refractivity contribution in [1.82, 2.24) is 9.80 Å². The Hall–Kier alpha value is -2.97. The number of hydrogen-bond donors (Lipinski definition) is 1. The number of rotatable bonds is 9. The Morgan fingerprint density at radius 1 is 0.895 bits per heavy atom. The van der Waals surface area contributed by atoms with Crippen molar-refractivity contribution in [1.29, 1.82) is 0 Å². The molecular formula is C30H39N3O5. The molecule has 0 radical (unpaired) electrons. The predicted octanol–water partition coefficient (Wildman–Crippen LogP) is 2.92. The minimum Gasteiger partial charge on any atom is -0.396 e. The molecule has 3 amide bonds. The molecule has 2 fully saturated rings. The average Bonchev–Trinajstić information content (AvgIpc) is 3.21. The maximum Gasteiger partial charge on any atom is 0.249 e. The fraction of sp³-hybridized carbons (Fsp3) is 0.567. The third-order valence-corrected chi connectivity index (χ3v) is 8.68. The van der Waals surface area contributed by atoms with E-state index in [4.69, 9.17) is 4.74 Å². The van der Waals surface area contributed by atoms with E-state index in [9.17, 15) is 19.5 Å².